The van der Waals surface area contributed by atoms with Gasteiger partial charge >= 0.3 is 0 Å². The zero-order chi connectivity index (χ0) is 11.5. The fraction of sp³-hybridized carbons (Fsp3) is 0.300. The van der Waals surface area contributed by atoms with Gasteiger partial charge in [-0.3, -0.25) is 11.3 Å². The second kappa shape index (κ2) is 5.37. The van der Waals surface area contributed by atoms with E-state index < -0.39 is 0 Å². The van der Waals surface area contributed by atoms with Crippen molar-refractivity contribution in [3.05, 3.63) is 36.9 Å². The molecule has 2 aromatic rings. The smallest absolute Gasteiger partial charge is 0.0798 e. The summed E-state index contributed by atoms with van der Waals surface area (Å²) in [5.41, 5.74) is 5.78. The molecular weight excluding hydrogens is 306 g/mol. The Morgan fingerprint density at radius 2 is 2.38 bits per heavy atom. The van der Waals surface area contributed by atoms with Crippen molar-refractivity contribution in [2.75, 3.05) is 0 Å². The molecule has 0 amide bonds. The molecular formula is C10H12BrN3S2. The summed E-state index contributed by atoms with van der Waals surface area (Å²) in [6.07, 6.45) is 0.887. The predicted molar refractivity (Wildman–Crippen MR) is 72.6 cm³/mol. The Morgan fingerprint density at radius 3 is 2.88 bits per heavy atom. The van der Waals surface area contributed by atoms with Crippen LogP contribution in [0.5, 0.6) is 0 Å². The van der Waals surface area contributed by atoms with E-state index in [1.165, 1.54) is 9.75 Å². The zero-order valence-corrected chi connectivity index (χ0v) is 12.0. The number of hydrazine groups is 1. The minimum Gasteiger partial charge on any atom is -0.271 e. The minimum absolute atomic E-state index is 0.141. The van der Waals surface area contributed by atoms with E-state index in [1.54, 1.807) is 22.7 Å². The molecule has 0 bridgehead atoms. The highest BCUT2D eigenvalue weighted by Crippen LogP contribution is 2.30. The number of hydrogen-bond donors (Lipinski definition) is 2. The molecule has 0 aliphatic rings. The first-order chi connectivity index (χ1) is 7.72. The van der Waals surface area contributed by atoms with Gasteiger partial charge in [0.2, 0.25) is 0 Å². The maximum absolute atomic E-state index is 5.62. The highest BCUT2D eigenvalue weighted by molar-refractivity contribution is 9.10. The lowest BCUT2D eigenvalue weighted by atomic mass is 10.1. The van der Waals surface area contributed by atoms with Crippen LogP contribution in [0.2, 0.25) is 0 Å². The number of nitrogens with one attached hydrogen (secondary N) is 1. The molecule has 0 radical (unpaired) electrons. The van der Waals surface area contributed by atoms with Crippen LogP contribution in [0.1, 0.15) is 21.5 Å². The normalized spacial score (nSPS) is 12.9. The SMILES string of the molecule is Cc1ncsc1C(Cc1sccc1Br)NN. The van der Waals surface area contributed by atoms with Crippen LogP contribution in [0.25, 0.3) is 0 Å². The molecule has 2 aromatic heterocycles. The van der Waals surface area contributed by atoms with Gasteiger partial charge in [0.25, 0.3) is 0 Å². The number of nitrogens with zero attached hydrogens (tertiary/aromatic N) is 1. The Bertz CT molecular complexity index is 466. The van der Waals surface area contributed by atoms with Gasteiger partial charge in [-0.25, -0.2) is 4.98 Å². The molecule has 0 saturated heterocycles. The van der Waals surface area contributed by atoms with E-state index in [-0.39, 0.29) is 6.04 Å². The summed E-state index contributed by atoms with van der Waals surface area (Å²) in [4.78, 5) is 6.76. The van der Waals surface area contributed by atoms with Crippen molar-refractivity contribution in [1.29, 1.82) is 0 Å². The second-order valence-corrected chi connectivity index (χ2v) is 6.16. The van der Waals surface area contributed by atoms with Crippen LogP contribution in [0.15, 0.2) is 21.4 Å². The third-order valence-corrected chi connectivity index (χ3v) is 5.37. The monoisotopic (exact) mass is 317 g/mol. The molecule has 0 fully saturated rings. The van der Waals surface area contributed by atoms with Crippen LogP contribution < -0.4 is 11.3 Å². The van der Waals surface area contributed by atoms with Gasteiger partial charge < -0.3 is 0 Å². The van der Waals surface area contributed by atoms with Crippen molar-refractivity contribution in [3.63, 3.8) is 0 Å². The average molecular weight is 318 g/mol. The fourth-order valence-corrected chi connectivity index (χ4v) is 3.95. The molecule has 2 rings (SSSR count). The van der Waals surface area contributed by atoms with Gasteiger partial charge in [-0.15, -0.1) is 22.7 Å². The zero-order valence-electron chi connectivity index (χ0n) is 8.74. The number of thiazole rings is 1. The van der Waals surface area contributed by atoms with Gasteiger partial charge in [-0.1, -0.05) is 0 Å². The summed E-state index contributed by atoms with van der Waals surface area (Å²) in [5.74, 6) is 5.62. The molecule has 0 aliphatic heterocycles. The number of halogens is 1. The maximum atomic E-state index is 5.62. The van der Waals surface area contributed by atoms with E-state index in [9.17, 15) is 0 Å². The molecule has 0 spiro atoms. The lowest BCUT2D eigenvalue weighted by Crippen LogP contribution is -2.29. The Labute approximate surface area is 111 Å². The van der Waals surface area contributed by atoms with Crippen LogP contribution in [0, 0.1) is 6.92 Å². The maximum Gasteiger partial charge on any atom is 0.0798 e. The Hall–Kier alpha value is -0.270. The van der Waals surface area contributed by atoms with E-state index in [2.05, 4.69) is 37.8 Å². The molecule has 1 unspecified atom stereocenters. The molecule has 0 aliphatic carbocycles. The highest BCUT2D eigenvalue weighted by atomic mass is 79.9. The molecule has 0 saturated carbocycles. The van der Waals surface area contributed by atoms with Crippen LogP contribution in [0.4, 0.5) is 0 Å². The van der Waals surface area contributed by atoms with Crippen LogP contribution in [-0.4, -0.2) is 4.98 Å². The molecule has 6 heteroatoms. The first-order valence-corrected chi connectivity index (χ1v) is 7.35. The molecule has 16 heavy (non-hydrogen) atoms. The van der Waals surface area contributed by atoms with Crippen LogP contribution in [0.3, 0.4) is 0 Å². The van der Waals surface area contributed by atoms with Crippen molar-refractivity contribution >= 4 is 38.6 Å². The van der Waals surface area contributed by atoms with Crippen molar-refractivity contribution in [1.82, 2.24) is 10.4 Å². The molecule has 3 nitrogen and oxygen atoms in total. The first kappa shape index (κ1) is 12.2. The van der Waals surface area contributed by atoms with Gasteiger partial charge in [0.15, 0.2) is 0 Å². The summed E-state index contributed by atoms with van der Waals surface area (Å²) in [7, 11) is 0. The number of aromatic nitrogens is 1. The summed E-state index contributed by atoms with van der Waals surface area (Å²) >= 11 is 6.92. The number of nitrogens with two attached hydrogens (primary N) is 1. The summed E-state index contributed by atoms with van der Waals surface area (Å²) in [6, 6.07) is 2.20. The molecule has 2 heterocycles. The van der Waals surface area contributed by atoms with E-state index in [0.29, 0.717) is 0 Å². The fourth-order valence-electron chi connectivity index (χ4n) is 1.53. The van der Waals surface area contributed by atoms with E-state index in [4.69, 9.17) is 5.84 Å². The summed E-state index contributed by atoms with van der Waals surface area (Å²) < 4.78 is 1.15. The quantitative estimate of drug-likeness (QED) is 0.673. The number of hydrogen-bond acceptors (Lipinski definition) is 5. The highest BCUT2D eigenvalue weighted by Gasteiger charge is 2.17. The van der Waals surface area contributed by atoms with Crippen LogP contribution in [-0.2, 0) is 6.42 Å². The largest absolute Gasteiger partial charge is 0.271 e. The topological polar surface area (TPSA) is 50.9 Å². The van der Waals surface area contributed by atoms with E-state index in [0.717, 1.165) is 16.6 Å². The molecule has 1 atom stereocenters. The molecule has 3 N–H and O–H groups in total. The number of aryl methyl sites for hydroxylation is 1. The van der Waals surface area contributed by atoms with Crippen molar-refractivity contribution < 1.29 is 0 Å². The molecule has 86 valence electrons. The Kier molecular flexibility index (Phi) is 4.10. The number of thiophene rings is 1. The van der Waals surface area contributed by atoms with Gasteiger partial charge in [0.05, 0.1) is 17.2 Å². The minimum atomic E-state index is 0.141. The van der Waals surface area contributed by atoms with E-state index >= 15 is 0 Å². The summed E-state index contributed by atoms with van der Waals surface area (Å²) in [6.45, 7) is 2.01. The van der Waals surface area contributed by atoms with Gasteiger partial charge in [0.1, 0.15) is 0 Å². The third-order valence-electron chi connectivity index (χ3n) is 2.38. The Morgan fingerprint density at radius 1 is 1.56 bits per heavy atom. The predicted octanol–water partition coefficient (Wildman–Crippen LogP) is 3.02. The second-order valence-electron chi connectivity index (χ2n) is 3.42. The van der Waals surface area contributed by atoms with E-state index in [1.807, 2.05) is 12.4 Å². The van der Waals surface area contributed by atoms with Crippen molar-refractivity contribution in [3.8, 4) is 0 Å². The van der Waals surface area contributed by atoms with Gasteiger partial charge in [-0.05, 0) is 34.3 Å². The lowest BCUT2D eigenvalue weighted by Gasteiger charge is -2.14. The summed E-state index contributed by atoms with van der Waals surface area (Å²) in [5, 5.41) is 2.08. The first-order valence-electron chi connectivity index (χ1n) is 4.80. The van der Waals surface area contributed by atoms with Crippen LogP contribution >= 0.6 is 38.6 Å². The van der Waals surface area contributed by atoms with Gasteiger partial charge in [0, 0.05) is 20.6 Å². The molecule has 0 aromatic carbocycles. The van der Waals surface area contributed by atoms with Crippen molar-refractivity contribution in [2.45, 2.75) is 19.4 Å². The van der Waals surface area contributed by atoms with Crippen molar-refractivity contribution in [2.24, 2.45) is 5.84 Å². The standard InChI is InChI=1S/C10H12BrN3S2/c1-6-10(16-5-13-6)8(14-12)4-9-7(11)2-3-15-9/h2-3,5,8,14H,4,12H2,1H3. The average Bonchev–Trinajstić information content (AvgIpc) is 2.85. The Balaban J connectivity index is 2.19. The lowest BCUT2D eigenvalue weighted by molar-refractivity contribution is 0.560. The number of rotatable bonds is 4. The van der Waals surface area contributed by atoms with Gasteiger partial charge in [-0.2, -0.15) is 0 Å². The third kappa shape index (κ3) is 2.52.